The van der Waals surface area contributed by atoms with E-state index in [0.717, 1.165) is 11.3 Å². The summed E-state index contributed by atoms with van der Waals surface area (Å²) in [5.74, 6) is -0.547. The Kier molecular flexibility index (Phi) is 6.06. The Bertz CT molecular complexity index is 1010. The minimum atomic E-state index is -0.338. The van der Waals surface area contributed by atoms with Crippen LogP contribution in [0, 0.1) is 6.92 Å². The van der Waals surface area contributed by atoms with Crippen LogP contribution < -0.4 is 10.2 Å². The zero-order chi connectivity index (χ0) is 20.1. The number of hydrogen-bond donors (Lipinski definition) is 1. The van der Waals surface area contributed by atoms with Gasteiger partial charge in [-0.1, -0.05) is 29.8 Å². The Hall–Kier alpha value is -3.18. The molecule has 0 fully saturated rings. The van der Waals surface area contributed by atoms with Crippen molar-refractivity contribution in [3.05, 3.63) is 88.7 Å². The number of aromatic nitrogens is 1. The number of benzene rings is 2. The van der Waals surface area contributed by atoms with Gasteiger partial charge in [0.25, 0.3) is 11.8 Å². The van der Waals surface area contributed by atoms with E-state index < -0.39 is 0 Å². The third-order valence-electron chi connectivity index (χ3n) is 4.31. The Morgan fingerprint density at radius 2 is 1.75 bits per heavy atom. The number of hydrogen-bond acceptors (Lipinski definition) is 3. The van der Waals surface area contributed by atoms with Crippen molar-refractivity contribution < 1.29 is 9.59 Å². The van der Waals surface area contributed by atoms with Gasteiger partial charge in [0.15, 0.2) is 0 Å². The van der Waals surface area contributed by atoms with Gasteiger partial charge in [-0.05, 0) is 55.8 Å². The van der Waals surface area contributed by atoms with Crippen molar-refractivity contribution in [1.82, 2.24) is 4.98 Å². The molecule has 1 N–H and O–H groups in total. The molecule has 0 saturated heterocycles. The molecule has 1 heterocycles. The maximum absolute atomic E-state index is 12.9. The fraction of sp³-hybridized carbons (Fsp3) is 0.136. The lowest BCUT2D eigenvalue weighted by molar-refractivity contribution is 0.0988. The maximum Gasteiger partial charge on any atom is 0.259 e. The summed E-state index contributed by atoms with van der Waals surface area (Å²) in [5, 5.41) is 3.43. The van der Waals surface area contributed by atoms with Crippen molar-refractivity contribution in [2.45, 2.75) is 13.8 Å². The van der Waals surface area contributed by atoms with E-state index in [1.807, 2.05) is 44.2 Å². The van der Waals surface area contributed by atoms with E-state index in [1.54, 1.807) is 29.2 Å². The lowest BCUT2D eigenvalue weighted by Gasteiger charge is -2.21. The molecule has 0 aliphatic heterocycles. The molecular weight excluding hydrogens is 374 g/mol. The summed E-state index contributed by atoms with van der Waals surface area (Å²) in [6.45, 7) is 4.26. The quantitative estimate of drug-likeness (QED) is 0.666. The standard InChI is InChI=1S/C22H20ClN3O2/c1-3-26(19-7-5-4-6-8-19)22(28)17-12-16(13-24-14-17)21(27)25-20-10-9-18(23)11-15(20)2/h4-14H,3H2,1-2H3,(H,25,27). The second kappa shape index (κ2) is 8.67. The molecule has 2 amide bonds. The zero-order valence-corrected chi connectivity index (χ0v) is 16.4. The Morgan fingerprint density at radius 3 is 2.43 bits per heavy atom. The van der Waals surface area contributed by atoms with Crippen LogP contribution in [0.4, 0.5) is 11.4 Å². The molecule has 0 radical (unpaired) electrons. The molecule has 28 heavy (non-hydrogen) atoms. The molecule has 0 aliphatic carbocycles. The van der Waals surface area contributed by atoms with Crippen LogP contribution in [0.3, 0.4) is 0 Å². The van der Waals surface area contributed by atoms with Crippen LogP contribution in [-0.4, -0.2) is 23.3 Å². The van der Waals surface area contributed by atoms with Crippen molar-refractivity contribution >= 4 is 34.8 Å². The van der Waals surface area contributed by atoms with E-state index in [4.69, 9.17) is 11.6 Å². The van der Waals surface area contributed by atoms with Crippen LogP contribution in [0.15, 0.2) is 67.0 Å². The molecule has 6 heteroatoms. The van der Waals surface area contributed by atoms with Crippen molar-refractivity contribution in [3.63, 3.8) is 0 Å². The fourth-order valence-corrected chi connectivity index (χ4v) is 3.08. The van der Waals surface area contributed by atoms with Crippen LogP contribution in [0.25, 0.3) is 0 Å². The highest BCUT2D eigenvalue weighted by Crippen LogP contribution is 2.21. The molecule has 142 valence electrons. The molecule has 3 aromatic rings. The molecule has 1 aromatic heterocycles. The number of rotatable bonds is 5. The van der Waals surface area contributed by atoms with Crippen LogP contribution in [-0.2, 0) is 0 Å². The number of amides is 2. The second-order valence-electron chi connectivity index (χ2n) is 6.26. The van der Waals surface area contributed by atoms with Crippen LogP contribution in [0.1, 0.15) is 33.2 Å². The number of nitrogens with zero attached hydrogens (tertiary/aromatic N) is 2. The third-order valence-corrected chi connectivity index (χ3v) is 4.55. The fourth-order valence-electron chi connectivity index (χ4n) is 2.85. The van der Waals surface area contributed by atoms with Gasteiger partial charge in [-0.2, -0.15) is 0 Å². The molecular formula is C22H20ClN3O2. The maximum atomic E-state index is 12.9. The second-order valence-corrected chi connectivity index (χ2v) is 6.70. The summed E-state index contributed by atoms with van der Waals surface area (Å²) in [6, 6.07) is 16.2. The minimum absolute atomic E-state index is 0.210. The largest absolute Gasteiger partial charge is 0.322 e. The van der Waals surface area contributed by atoms with Crippen LogP contribution in [0.5, 0.6) is 0 Å². The summed E-state index contributed by atoms with van der Waals surface area (Å²) in [7, 11) is 0. The third kappa shape index (κ3) is 4.38. The predicted octanol–water partition coefficient (Wildman–Crippen LogP) is 4.96. The topological polar surface area (TPSA) is 62.3 Å². The normalized spacial score (nSPS) is 10.4. The first-order valence-electron chi connectivity index (χ1n) is 8.89. The minimum Gasteiger partial charge on any atom is -0.322 e. The van der Waals surface area contributed by atoms with E-state index in [-0.39, 0.29) is 11.8 Å². The Labute approximate surface area is 169 Å². The monoisotopic (exact) mass is 393 g/mol. The van der Waals surface area contributed by atoms with Crippen LogP contribution >= 0.6 is 11.6 Å². The molecule has 5 nitrogen and oxygen atoms in total. The van der Waals surface area contributed by atoms with Gasteiger partial charge in [0.2, 0.25) is 0 Å². The first-order valence-corrected chi connectivity index (χ1v) is 9.27. The van der Waals surface area contributed by atoms with Gasteiger partial charge >= 0.3 is 0 Å². The van der Waals surface area contributed by atoms with E-state index in [0.29, 0.717) is 28.4 Å². The molecule has 3 rings (SSSR count). The molecule has 0 atom stereocenters. The average molecular weight is 394 g/mol. The number of halogens is 1. The van der Waals surface area contributed by atoms with Gasteiger partial charge in [-0.15, -0.1) is 0 Å². The van der Waals surface area contributed by atoms with E-state index in [9.17, 15) is 9.59 Å². The highest BCUT2D eigenvalue weighted by molar-refractivity contribution is 6.30. The smallest absolute Gasteiger partial charge is 0.259 e. The van der Waals surface area contributed by atoms with E-state index in [2.05, 4.69) is 10.3 Å². The van der Waals surface area contributed by atoms with Gasteiger partial charge in [-0.25, -0.2) is 0 Å². The summed E-state index contributed by atoms with van der Waals surface area (Å²) in [6.07, 6.45) is 2.91. The average Bonchev–Trinajstić information content (AvgIpc) is 2.71. The molecule has 0 unspecified atom stereocenters. The number of nitrogens with one attached hydrogen (secondary N) is 1. The summed E-state index contributed by atoms with van der Waals surface area (Å²) >= 11 is 5.96. The summed E-state index contributed by atoms with van der Waals surface area (Å²) < 4.78 is 0. The highest BCUT2D eigenvalue weighted by Gasteiger charge is 2.18. The number of pyridine rings is 1. The zero-order valence-electron chi connectivity index (χ0n) is 15.6. The van der Waals surface area contributed by atoms with E-state index >= 15 is 0 Å². The Morgan fingerprint density at radius 1 is 1.04 bits per heavy atom. The molecule has 0 bridgehead atoms. The Balaban J connectivity index is 1.83. The number of anilines is 2. The molecule has 2 aromatic carbocycles. The van der Waals surface area contributed by atoms with Crippen LogP contribution in [0.2, 0.25) is 5.02 Å². The molecule has 0 aliphatic rings. The SMILES string of the molecule is CCN(C(=O)c1cncc(C(=O)Nc2ccc(Cl)cc2C)c1)c1ccccc1. The van der Waals surface area contributed by atoms with Crippen molar-refractivity contribution in [2.75, 3.05) is 16.8 Å². The summed E-state index contributed by atoms with van der Waals surface area (Å²) in [5.41, 5.74) is 2.96. The van der Waals surface area contributed by atoms with Gasteiger partial charge in [0.1, 0.15) is 0 Å². The summed E-state index contributed by atoms with van der Waals surface area (Å²) in [4.78, 5) is 31.3. The highest BCUT2D eigenvalue weighted by atomic mass is 35.5. The first kappa shape index (κ1) is 19.6. The number of aryl methyl sites for hydroxylation is 1. The predicted molar refractivity (Wildman–Crippen MR) is 112 cm³/mol. The number of carbonyl (C=O) groups excluding carboxylic acids is 2. The lowest BCUT2D eigenvalue weighted by Crippen LogP contribution is -2.31. The lowest BCUT2D eigenvalue weighted by atomic mass is 10.1. The van der Waals surface area contributed by atoms with Crippen molar-refractivity contribution in [1.29, 1.82) is 0 Å². The number of carbonyl (C=O) groups is 2. The molecule has 0 spiro atoms. The number of para-hydroxylation sites is 1. The van der Waals surface area contributed by atoms with E-state index in [1.165, 1.54) is 12.4 Å². The van der Waals surface area contributed by atoms with Gasteiger partial charge in [-0.3, -0.25) is 14.6 Å². The molecule has 0 saturated carbocycles. The van der Waals surface area contributed by atoms with Crippen molar-refractivity contribution in [3.8, 4) is 0 Å². The van der Waals surface area contributed by atoms with Gasteiger partial charge in [0.05, 0.1) is 11.1 Å². The first-order chi connectivity index (χ1) is 13.5. The van der Waals surface area contributed by atoms with Crippen molar-refractivity contribution in [2.24, 2.45) is 0 Å². The van der Waals surface area contributed by atoms with Gasteiger partial charge in [0, 0.05) is 35.3 Å². The van der Waals surface area contributed by atoms with Gasteiger partial charge < -0.3 is 10.2 Å².